The van der Waals surface area contributed by atoms with E-state index in [9.17, 15) is 13.2 Å². The van der Waals surface area contributed by atoms with Crippen LogP contribution in [0.3, 0.4) is 0 Å². The molecular formula is C16H13F3N4S. The van der Waals surface area contributed by atoms with E-state index in [4.69, 9.17) is 0 Å². The Labute approximate surface area is 140 Å². The summed E-state index contributed by atoms with van der Waals surface area (Å²) >= 11 is 1.55. The molecule has 1 N–H and O–H groups in total. The highest BCUT2D eigenvalue weighted by atomic mass is 32.1. The van der Waals surface area contributed by atoms with Gasteiger partial charge in [0.05, 0.1) is 9.88 Å². The molecule has 0 saturated heterocycles. The molecular weight excluding hydrogens is 337 g/mol. The number of hydrogen-bond donors (Lipinski definition) is 1. The van der Waals surface area contributed by atoms with Gasteiger partial charge >= 0.3 is 6.18 Å². The molecule has 0 spiro atoms. The number of alkyl halides is 3. The molecule has 0 aliphatic carbocycles. The third-order valence-corrected chi connectivity index (χ3v) is 4.15. The molecule has 0 unspecified atom stereocenters. The van der Waals surface area contributed by atoms with Gasteiger partial charge in [-0.2, -0.15) is 13.2 Å². The average Bonchev–Trinajstić information content (AvgIpc) is 2.93. The number of nitrogens with zero attached hydrogens (tertiary/aromatic N) is 3. The summed E-state index contributed by atoms with van der Waals surface area (Å²) in [5.74, 6) is -0.0955. The Bertz CT molecular complexity index is 874. The maximum atomic E-state index is 12.7. The number of anilines is 2. The lowest BCUT2D eigenvalue weighted by Crippen LogP contribution is -2.10. The zero-order chi connectivity index (χ0) is 17.3. The maximum absolute atomic E-state index is 12.7. The second-order valence-electron chi connectivity index (χ2n) is 5.22. The highest BCUT2D eigenvalue weighted by molar-refractivity contribution is 7.15. The lowest BCUT2D eigenvalue weighted by atomic mass is 10.1. The van der Waals surface area contributed by atoms with Crippen LogP contribution in [0.1, 0.15) is 16.3 Å². The van der Waals surface area contributed by atoms with Crippen molar-refractivity contribution in [3.8, 4) is 10.4 Å². The van der Waals surface area contributed by atoms with Crippen LogP contribution >= 0.6 is 11.3 Å². The summed E-state index contributed by atoms with van der Waals surface area (Å²) in [5.41, 5.74) is 1.55. The highest BCUT2D eigenvalue weighted by Gasteiger charge is 2.32. The molecule has 0 radical (unpaired) electrons. The van der Waals surface area contributed by atoms with Crippen molar-refractivity contribution in [2.75, 3.05) is 5.32 Å². The number of nitrogens with one attached hydrogen (secondary N) is 1. The van der Waals surface area contributed by atoms with E-state index >= 15 is 0 Å². The predicted molar refractivity (Wildman–Crippen MR) is 87.3 cm³/mol. The smallest absolute Gasteiger partial charge is 0.324 e. The minimum Gasteiger partial charge on any atom is -0.324 e. The number of thiazole rings is 1. The number of aryl methyl sites for hydroxylation is 2. The van der Waals surface area contributed by atoms with Crippen LogP contribution in [0.2, 0.25) is 0 Å². The lowest BCUT2D eigenvalue weighted by molar-refractivity contribution is -0.141. The van der Waals surface area contributed by atoms with Crippen molar-refractivity contribution < 1.29 is 13.2 Å². The number of rotatable bonds is 3. The molecule has 124 valence electrons. The number of hydrogen-bond acceptors (Lipinski definition) is 5. The Morgan fingerprint density at radius 2 is 1.88 bits per heavy atom. The molecule has 8 heteroatoms. The molecule has 0 fully saturated rings. The molecule has 24 heavy (non-hydrogen) atoms. The Morgan fingerprint density at radius 3 is 2.54 bits per heavy atom. The lowest BCUT2D eigenvalue weighted by Gasteiger charge is -2.10. The van der Waals surface area contributed by atoms with E-state index in [1.165, 1.54) is 0 Å². The van der Waals surface area contributed by atoms with Crippen LogP contribution in [-0.2, 0) is 6.18 Å². The number of halogens is 3. The summed E-state index contributed by atoms with van der Waals surface area (Å²) < 4.78 is 38.2. The van der Waals surface area contributed by atoms with Gasteiger partial charge in [-0.15, -0.1) is 11.3 Å². The second-order valence-corrected chi connectivity index (χ2v) is 6.45. The van der Waals surface area contributed by atoms with E-state index in [-0.39, 0.29) is 5.95 Å². The summed E-state index contributed by atoms with van der Waals surface area (Å²) in [6, 6.07) is 6.49. The largest absolute Gasteiger partial charge is 0.433 e. The van der Waals surface area contributed by atoms with E-state index in [2.05, 4.69) is 20.3 Å². The fraction of sp³-hybridized carbons (Fsp3) is 0.188. The molecule has 0 aliphatic heterocycles. The Balaban J connectivity index is 1.92. The highest BCUT2D eigenvalue weighted by Crippen LogP contribution is 2.31. The summed E-state index contributed by atoms with van der Waals surface area (Å²) in [4.78, 5) is 12.6. The topological polar surface area (TPSA) is 50.7 Å². The minimum atomic E-state index is -4.50. The van der Waals surface area contributed by atoms with Crippen LogP contribution in [0, 0.1) is 13.8 Å². The van der Waals surface area contributed by atoms with Crippen molar-refractivity contribution in [1.29, 1.82) is 0 Å². The second kappa shape index (κ2) is 6.20. The average molecular weight is 350 g/mol. The third-order valence-electron chi connectivity index (χ3n) is 3.19. The fourth-order valence-electron chi connectivity index (χ4n) is 2.20. The van der Waals surface area contributed by atoms with Gasteiger partial charge in [-0.05, 0) is 43.2 Å². The monoisotopic (exact) mass is 350 g/mol. The van der Waals surface area contributed by atoms with Crippen molar-refractivity contribution in [3.63, 3.8) is 0 Å². The molecule has 0 saturated carbocycles. The zero-order valence-corrected chi connectivity index (χ0v) is 13.7. The van der Waals surface area contributed by atoms with Gasteiger partial charge in [-0.1, -0.05) is 6.07 Å². The molecule has 0 aliphatic rings. The van der Waals surface area contributed by atoms with Gasteiger partial charge < -0.3 is 5.32 Å². The normalized spacial score (nSPS) is 11.5. The molecule has 3 aromatic rings. The first-order valence-electron chi connectivity index (χ1n) is 7.03. The first-order chi connectivity index (χ1) is 11.3. The Kier molecular flexibility index (Phi) is 4.23. The van der Waals surface area contributed by atoms with E-state index in [1.54, 1.807) is 17.5 Å². The van der Waals surface area contributed by atoms with Crippen molar-refractivity contribution in [2.24, 2.45) is 0 Å². The van der Waals surface area contributed by atoms with Crippen LogP contribution in [-0.4, -0.2) is 15.0 Å². The minimum absolute atomic E-state index is 0.0955. The van der Waals surface area contributed by atoms with Gasteiger partial charge in [0.2, 0.25) is 5.95 Å². The van der Waals surface area contributed by atoms with Crippen molar-refractivity contribution in [2.45, 2.75) is 20.0 Å². The number of aromatic nitrogens is 3. The molecule has 1 aromatic carbocycles. The Hall–Kier alpha value is -2.48. The third kappa shape index (κ3) is 3.70. The SMILES string of the molecule is Cc1cc(Nc2nccc(C(F)(F)F)n2)cc(-c2cnc(C)s2)c1. The van der Waals surface area contributed by atoms with Gasteiger partial charge in [-0.3, -0.25) is 0 Å². The first-order valence-corrected chi connectivity index (χ1v) is 7.85. The fourth-order valence-corrected chi connectivity index (χ4v) is 2.96. The van der Waals surface area contributed by atoms with E-state index in [1.807, 2.05) is 32.0 Å². The van der Waals surface area contributed by atoms with E-state index < -0.39 is 11.9 Å². The van der Waals surface area contributed by atoms with Gasteiger partial charge in [0.15, 0.2) is 0 Å². The first kappa shape index (κ1) is 16.4. The Morgan fingerprint density at radius 1 is 1.08 bits per heavy atom. The summed E-state index contributed by atoms with van der Waals surface area (Å²) in [6.07, 6.45) is -1.64. The van der Waals surface area contributed by atoms with Gasteiger partial charge in [0.1, 0.15) is 5.69 Å². The molecule has 0 bridgehead atoms. The zero-order valence-electron chi connectivity index (χ0n) is 12.8. The molecule has 2 aromatic heterocycles. The van der Waals surface area contributed by atoms with Crippen LogP contribution in [0.5, 0.6) is 0 Å². The summed E-state index contributed by atoms with van der Waals surface area (Å²) in [5, 5.41) is 3.78. The van der Waals surface area contributed by atoms with Gasteiger partial charge in [-0.25, -0.2) is 15.0 Å². The summed E-state index contributed by atoms with van der Waals surface area (Å²) in [7, 11) is 0. The van der Waals surface area contributed by atoms with Crippen LogP contribution < -0.4 is 5.32 Å². The number of benzene rings is 1. The molecule has 3 rings (SSSR count). The molecule has 2 heterocycles. The maximum Gasteiger partial charge on any atom is 0.433 e. The van der Waals surface area contributed by atoms with Crippen molar-refractivity contribution in [3.05, 3.63) is 52.9 Å². The van der Waals surface area contributed by atoms with Crippen LogP contribution in [0.4, 0.5) is 24.8 Å². The predicted octanol–water partition coefficient (Wildman–Crippen LogP) is 4.98. The van der Waals surface area contributed by atoms with Crippen molar-refractivity contribution >= 4 is 23.0 Å². The standard InChI is InChI=1S/C16H13F3N4S/c1-9-5-11(13-8-21-10(2)24-13)7-12(6-9)22-15-20-4-3-14(23-15)16(17,18)19/h3-8H,1-2H3,(H,20,22,23). The van der Waals surface area contributed by atoms with E-state index in [0.29, 0.717) is 5.69 Å². The van der Waals surface area contributed by atoms with Crippen LogP contribution in [0.25, 0.3) is 10.4 Å². The molecule has 4 nitrogen and oxygen atoms in total. The molecule has 0 atom stereocenters. The van der Waals surface area contributed by atoms with Crippen LogP contribution in [0.15, 0.2) is 36.7 Å². The molecule has 0 amide bonds. The van der Waals surface area contributed by atoms with E-state index in [0.717, 1.165) is 33.3 Å². The quantitative estimate of drug-likeness (QED) is 0.724. The van der Waals surface area contributed by atoms with Gasteiger partial charge in [0.25, 0.3) is 0 Å². The van der Waals surface area contributed by atoms with Gasteiger partial charge in [0, 0.05) is 18.1 Å². The van der Waals surface area contributed by atoms with Crippen molar-refractivity contribution in [1.82, 2.24) is 15.0 Å². The summed E-state index contributed by atoms with van der Waals surface area (Å²) in [6.45, 7) is 3.83.